The van der Waals surface area contributed by atoms with E-state index in [0.29, 0.717) is 11.1 Å². The normalized spacial score (nSPS) is 15.1. The number of carbonyl (C=O) groups is 2. The van der Waals surface area contributed by atoms with Gasteiger partial charge >= 0.3 is 0 Å². The zero-order valence-corrected chi connectivity index (χ0v) is 11.6. The number of aromatic nitrogens is 1. The van der Waals surface area contributed by atoms with E-state index in [1.807, 2.05) is 6.07 Å². The van der Waals surface area contributed by atoms with Crippen molar-refractivity contribution in [3.05, 3.63) is 41.6 Å². The highest BCUT2D eigenvalue weighted by Crippen LogP contribution is 2.20. The van der Waals surface area contributed by atoms with Crippen LogP contribution in [0.3, 0.4) is 0 Å². The molecule has 1 aliphatic heterocycles. The van der Waals surface area contributed by atoms with Crippen LogP contribution >= 0.6 is 0 Å². The van der Waals surface area contributed by atoms with Gasteiger partial charge in [-0.25, -0.2) is 4.98 Å². The number of nitrogens with zero attached hydrogens (tertiary/aromatic N) is 2. The van der Waals surface area contributed by atoms with Crippen molar-refractivity contribution in [2.45, 2.75) is 19.3 Å². The van der Waals surface area contributed by atoms with E-state index in [-0.39, 0.29) is 11.6 Å². The lowest BCUT2D eigenvalue weighted by molar-refractivity contribution is 0.0719. The number of rotatable bonds is 2. The van der Waals surface area contributed by atoms with Gasteiger partial charge in [-0.3, -0.25) is 9.59 Å². The molecule has 1 aromatic carbocycles. The van der Waals surface area contributed by atoms with Gasteiger partial charge in [-0.1, -0.05) is 12.1 Å². The van der Waals surface area contributed by atoms with Gasteiger partial charge in [-0.2, -0.15) is 0 Å². The molecule has 0 saturated carbocycles. The maximum Gasteiger partial charge on any atom is 0.268 e. The van der Waals surface area contributed by atoms with Crippen molar-refractivity contribution >= 4 is 22.7 Å². The van der Waals surface area contributed by atoms with Crippen molar-refractivity contribution in [3.63, 3.8) is 0 Å². The number of likely N-dealkylation sites (tertiary alicyclic amines) is 1. The maximum atomic E-state index is 12.6. The topological polar surface area (TPSA) is 76.3 Å². The molecule has 2 heterocycles. The SMILES string of the molecule is NC(=O)c1nc2c[c]ccc2cc1C(=O)N1CCCCC1. The Hall–Kier alpha value is -2.43. The monoisotopic (exact) mass is 282 g/mol. The molecule has 21 heavy (non-hydrogen) atoms. The van der Waals surface area contributed by atoms with Gasteiger partial charge in [-0.05, 0) is 37.5 Å². The molecule has 5 nitrogen and oxygen atoms in total. The van der Waals surface area contributed by atoms with E-state index in [9.17, 15) is 9.59 Å². The summed E-state index contributed by atoms with van der Waals surface area (Å²) in [6.45, 7) is 1.44. The summed E-state index contributed by atoms with van der Waals surface area (Å²) >= 11 is 0. The molecule has 1 radical (unpaired) electrons. The van der Waals surface area contributed by atoms with Crippen molar-refractivity contribution < 1.29 is 9.59 Å². The minimum Gasteiger partial charge on any atom is -0.364 e. The summed E-state index contributed by atoms with van der Waals surface area (Å²) < 4.78 is 0. The molecule has 2 aromatic rings. The first-order valence-electron chi connectivity index (χ1n) is 7.07. The maximum absolute atomic E-state index is 12.6. The van der Waals surface area contributed by atoms with Gasteiger partial charge in [0.25, 0.3) is 11.8 Å². The van der Waals surface area contributed by atoms with E-state index < -0.39 is 5.91 Å². The molecule has 1 aromatic heterocycles. The highest BCUT2D eigenvalue weighted by molar-refractivity contribution is 6.07. The second-order valence-corrected chi connectivity index (χ2v) is 5.22. The minimum atomic E-state index is -0.680. The lowest BCUT2D eigenvalue weighted by atomic mass is 10.1. The summed E-state index contributed by atoms with van der Waals surface area (Å²) in [7, 11) is 0. The molecular weight excluding hydrogens is 266 g/mol. The van der Waals surface area contributed by atoms with Crippen LogP contribution in [0.25, 0.3) is 10.9 Å². The molecule has 2 amide bonds. The molecule has 1 saturated heterocycles. The molecule has 3 rings (SSSR count). The Morgan fingerprint density at radius 2 is 2.00 bits per heavy atom. The van der Waals surface area contributed by atoms with Crippen LogP contribution in [0.15, 0.2) is 24.3 Å². The van der Waals surface area contributed by atoms with Crippen LogP contribution in [0.2, 0.25) is 0 Å². The first-order chi connectivity index (χ1) is 10.2. The van der Waals surface area contributed by atoms with Gasteiger partial charge < -0.3 is 10.6 Å². The first kappa shape index (κ1) is 13.5. The van der Waals surface area contributed by atoms with Crippen LogP contribution in [0.1, 0.15) is 40.1 Å². The number of primary amides is 1. The molecule has 0 spiro atoms. The largest absolute Gasteiger partial charge is 0.364 e. The number of fused-ring (bicyclic) bond motifs is 1. The summed E-state index contributed by atoms with van der Waals surface area (Å²) in [5.41, 5.74) is 6.34. The van der Waals surface area contributed by atoms with E-state index in [2.05, 4.69) is 11.1 Å². The molecule has 107 valence electrons. The average Bonchev–Trinajstić information content (AvgIpc) is 2.53. The van der Waals surface area contributed by atoms with E-state index >= 15 is 0 Å². The Labute approximate surface area is 122 Å². The number of pyridine rings is 1. The van der Waals surface area contributed by atoms with Gasteiger partial charge in [0.2, 0.25) is 0 Å². The number of hydrogen-bond acceptors (Lipinski definition) is 3. The molecule has 0 aliphatic carbocycles. The fourth-order valence-corrected chi connectivity index (χ4v) is 2.68. The number of amides is 2. The Bertz CT molecular complexity index is 706. The number of benzene rings is 1. The Kier molecular flexibility index (Phi) is 3.56. The molecule has 1 aliphatic rings. The Morgan fingerprint density at radius 3 is 2.71 bits per heavy atom. The smallest absolute Gasteiger partial charge is 0.268 e. The van der Waals surface area contributed by atoms with Crippen molar-refractivity contribution in [1.82, 2.24) is 9.88 Å². The lowest BCUT2D eigenvalue weighted by Crippen LogP contribution is -2.37. The van der Waals surface area contributed by atoms with Gasteiger partial charge in [-0.15, -0.1) is 0 Å². The summed E-state index contributed by atoms with van der Waals surface area (Å²) in [4.78, 5) is 30.3. The summed E-state index contributed by atoms with van der Waals surface area (Å²) in [5, 5.41) is 0.805. The summed E-state index contributed by atoms with van der Waals surface area (Å²) in [5.74, 6) is -0.841. The molecular formula is C16H16N3O2. The zero-order valence-electron chi connectivity index (χ0n) is 11.6. The minimum absolute atomic E-state index is 0.0395. The van der Waals surface area contributed by atoms with Crippen LogP contribution in [0, 0.1) is 6.07 Å². The van der Waals surface area contributed by atoms with Crippen LogP contribution < -0.4 is 5.73 Å². The van der Waals surface area contributed by atoms with Crippen LogP contribution in [-0.2, 0) is 0 Å². The van der Waals surface area contributed by atoms with Gasteiger partial charge in [0.05, 0.1) is 11.1 Å². The van der Waals surface area contributed by atoms with Crippen molar-refractivity contribution in [2.24, 2.45) is 5.73 Å². The molecule has 2 N–H and O–H groups in total. The molecule has 0 bridgehead atoms. The lowest BCUT2D eigenvalue weighted by Gasteiger charge is -2.27. The van der Waals surface area contributed by atoms with Gasteiger partial charge in [0, 0.05) is 18.5 Å². The molecule has 0 atom stereocenters. The van der Waals surface area contributed by atoms with E-state index in [1.165, 1.54) is 0 Å². The fraction of sp³-hybridized carbons (Fsp3) is 0.312. The Morgan fingerprint density at radius 1 is 1.24 bits per heavy atom. The van der Waals surface area contributed by atoms with E-state index in [4.69, 9.17) is 5.73 Å². The third kappa shape index (κ3) is 2.59. The predicted molar refractivity (Wildman–Crippen MR) is 78.9 cm³/mol. The van der Waals surface area contributed by atoms with E-state index in [1.54, 1.807) is 23.1 Å². The highest BCUT2D eigenvalue weighted by Gasteiger charge is 2.24. The predicted octanol–water partition coefficient (Wildman–Crippen LogP) is 1.76. The number of nitrogens with two attached hydrogens (primary N) is 1. The van der Waals surface area contributed by atoms with E-state index in [0.717, 1.165) is 37.7 Å². The summed E-state index contributed by atoms with van der Waals surface area (Å²) in [6, 6.07) is 9.86. The number of hydrogen-bond donors (Lipinski definition) is 1. The van der Waals surface area contributed by atoms with Crippen LogP contribution in [0.5, 0.6) is 0 Å². The standard InChI is InChI=1S/C16H16N3O2/c17-15(20)14-12(16(21)19-8-4-1-5-9-19)10-11-6-2-3-7-13(11)18-14/h2,6-7,10H,1,4-5,8-9H2,(H2,17,20). The molecule has 0 unspecified atom stereocenters. The second-order valence-electron chi connectivity index (χ2n) is 5.22. The first-order valence-corrected chi connectivity index (χ1v) is 7.07. The molecule has 5 heteroatoms. The van der Waals surface area contributed by atoms with Gasteiger partial charge in [0.15, 0.2) is 0 Å². The average molecular weight is 282 g/mol. The van der Waals surface area contributed by atoms with Crippen molar-refractivity contribution in [2.75, 3.05) is 13.1 Å². The van der Waals surface area contributed by atoms with Crippen molar-refractivity contribution in [3.8, 4) is 0 Å². The van der Waals surface area contributed by atoms with Crippen LogP contribution in [-0.4, -0.2) is 34.8 Å². The van der Waals surface area contributed by atoms with Crippen LogP contribution in [0.4, 0.5) is 0 Å². The quantitative estimate of drug-likeness (QED) is 0.911. The second kappa shape index (κ2) is 5.52. The zero-order chi connectivity index (χ0) is 14.8. The third-order valence-corrected chi connectivity index (χ3v) is 3.77. The highest BCUT2D eigenvalue weighted by atomic mass is 16.2. The fourth-order valence-electron chi connectivity index (χ4n) is 2.68. The molecule has 1 fully saturated rings. The number of piperidine rings is 1. The third-order valence-electron chi connectivity index (χ3n) is 3.77. The number of carbonyl (C=O) groups excluding carboxylic acids is 2. The van der Waals surface area contributed by atoms with Gasteiger partial charge in [0.1, 0.15) is 5.69 Å². The summed E-state index contributed by atoms with van der Waals surface area (Å²) in [6.07, 6.45) is 3.12. The van der Waals surface area contributed by atoms with Crippen molar-refractivity contribution in [1.29, 1.82) is 0 Å². The Balaban J connectivity index is 2.08.